The Kier molecular flexibility index (Phi) is 5.84. The molecule has 1 aromatic carbocycles. The second kappa shape index (κ2) is 8.88. The van der Waals surface area contributed by atoms with Crippen molar-refractivity contribution in [2.75, 3.05) is 19.6 Å². The molecule has 2 aliphatic heterocycles. The lowest BCUT2D eigenvalue weighted by molar-refractivity contribution is 0.0508. The minimum absolute atomic E-state index is 0.211. The lowest BCUT2D eigenvalue weighted by atomic mass is 9.86. The van der Waals surface area contributed by atoms with Gasteiger partial charge in [-0.2, -0.15) is 0 Å². The third kappa shape index (κ3) is 4.43. The zero-order chi connectivity index (χ0) is 20.3. The molecule has 160 valence electrons. The average Bonchev–Trinajstić information content (AvgIpc) is 3.58. The van der Waals surface area contributed by atoms with Crippen molar-refractivity contribution in [1.82, 2.24) is 20.0 Å². The number of carbonyl (C=O) groups excluding carboxylic acids is 1. The summed E-state index contributed by atoms with van der Waals surface area (Å²) < 4.78 is 5.85. The van der Waals surface area contributed by atoms with E-state index in [0.717, 1.165) is 69.2 Å². The Labute approximate surface area is 178 Å². The van der Waals surface area contributed by atoms with E-state index in [-0.39, 0.29) is 5.91 Å². The van der Waals surface area contributed by atoms with Crippen LogP contribution in [0.4, 0.5) is 0 Å². The van der Waals surface area contributed by atoms with Crippen molar-refractivity contribution in [3.05, 3.63) is 47.7 Å². The molecular weight excluding hydrogens is 376 g/mol. The van der Waals surface area contributed by atoms with Crippen LogP contribution in [0.1, 0.15) is 79.4 Å². The van der Waals surface area contributed by atoms with Gasteiger partial charge in [-0.15, -0.1) is 10.2 Å². The summed E-state index contributed by atoms with van der Waals surface area (Å²) in [6, 6.07) is 10.2. The molecule has 1 atom stereocenters. The minimum atomic E-state index is 0.211. The van der Waals surface area contributed by atoms with Gasteiger partial charge >= 0.3 is 0 Å². The predicted octanol–water partition coefficient (Wildman–Crippen LogP) is 4.24. The summed E-state index contributed by atoms with van der Waals surface area (Å²) in [7, 11) is 0. The summed E-state index contributed by atoms with van der Waals surface area (Å²) >= 11 is 0. The molecule has 0 N–H and O–H groups in total. The first-order chi connectivity index (χ1) is 14.8. The van der Waals surface area contributed by atoms with E-state index in [1.165, 1.54) is 25.7 Å². The van der Waals surface area contributed by atoms with Gasteiger partial charge in [0.1, 0.15) is 0 Å². The van der Waals surface area contributed by atoms with Gasteiger partial charge in [0.2, 0.25) is 11.8 Å². The number of hydrogen-bond donors (Lipinski definition) is 0. The summed E-state index contributed by atoms with van der Waals surface area (Å²) in [6.07, 6.45) is 9.36. The molecule has 0 radical (unpaired) electrons. The number of nitrogens with zero attached hydrogens (tertiary/aromatic N) is 4. The highest BCUT2D eigenvalue weighted by Gasteiger charge is 2.35. The van der Waals surface area contributed by atoms with E-state index in [2.05, 4.69) is 20.0 Å². The maximum atomic E-state index is 13.3. The Bertz CT molecular complexity index is 840. The van der Waals surface area contributed by atoms with Gasteiger partial charge in [-0.3, -0.25) is 9.69 Å². The molecule has 1 amide bonds. The number of rotatable bonds is 5. The fourth-order valence-corrected chi connectivity index (χ4v) is 5.14. The summed E-state index contributed by atoms with van der Waals surface area (Å²) in [4.78, 5) is 17.9. The first-order valence-electron chi connectivity index (χ1n) is 11.7. The molecule has 0 spiro atoms. The highest BCUT2D eigenvalue weighted by Crippen LogP contribution is 2.39. The highest BCUT2D eigenvalue weighted by molar-refractivity contribution is 5.94. The van der Waals surface area contributed by atoms with Gasteiger partial charge in [0.25, 0.3) is 5.91 Å². The van der Waals surface area contributed by atoms with Crippen LogP contribution in [0.5, 0.6) is 0 Å². The van der Waals surface area contributed by atoms with Crippen molar-refractivity contribution in [2.45, 2.75) is 69.9 Å². The van der Waals surface area contributed by atoms with E-state index in [0.29, 0.717) is 17.9 Å². The second-order valence-electron chi connectivity index (χ2n) is 9.20. The van der Waals surface area contributed by atoms with E-state index in [1.807, 2.05) is 30.3 Å². The van der Waals surface area contributed by atoms with E-state index in [4.69, 9.17) is 4.42 Å². The second-order valence-corrected chi connectivity index (χ2v) is 9.20. The number of aromatic nitrogens is 2. The molecule has 1 aliphatic carbocycles. The first-order valence-corrected chi connectivity index (χ1v) is 11.7. The molecule has 5 rings (SSSR count). The molecule has 2 aromatic rings. The molecule has 6 nitrogen and oxygen atoms in total. The Balaban J connectivity index is 1.21. The van der Waals surface area contributed by atoms with Gasteiger partial charge in [-0.05, 0) is 69.7 Å². The largest absolute Gasteiger partial charge is 0.424 e. The maximum Gasteiger partial charge on any atom is 0.254 e. The molecule has 6 heteroatoms. The van der Waals surface area contributed by atoms with Crippen LogP contribution in [0.15, 0.2) is 34.7 Å². The predicted molar refractivity (Wildman–Crippen MR) is 114 cm³/mol. The Morgan fingerprint density at radius 1 is 0.933 bits per heavy atom. The normalized spacial score (nSPS) is 24.0. The fraction of sp³-hybridized carbons (Fsp3) is 0.625. The van der Waals surface area contributed by atoms with Crippen molar-refractivity contribution in [3.8, 4) is 0 Å². The molecule has 1 saturated carbocycles. The molecule has 0 unspecified atom stereocenters. The summed E-state index contributed by atoms with van der Waals surface area (Å²) in [5, 5.41) is 8.46. The Morgan fingerprint density at radius 2 is 1.73 bits per heavy atom. The van der Waals surface area contributed by atoms with E-state index in [9.17, 15) is 4.79 Å². The fourth-order valence-electron chi connectivity index (χ4n) is 5.14. The molecule has 2 saturated heterocycles. The number of amides is 1. The van der Waals surface area contributed by atoms with Crippen LogP contribution in [0.3, 0.4) is 0 Å². The van der Waals surface area contributed by atoms with Crippen LogP contribution >= 0.6 is 0 Å². The Morgan fingerprint density at radius 3 is 2.50 bits per heavy atom. The van der Waals surface area contributed by atoms with Crippen LogP contribution in [-0.4, -0.2) is 51.6 Å². The molecule has 0 bridgehead atoms. The van der Waals surface area contributed by atoms with Crippen molar-refractivity contribution in [1.29, 1.82) is 0 Å². The standard InChI is InChI=1S/C24H32N4O2/c29-24(20-7-3-1-4-8-20)28-14-6-2-5-9-21(28)18-12-15-27(16-13-18)17-22-25-26-23(30-22)19-10-11-19/h1,3-4,7-8,18-19,21H,2,5-6,9-17H2/t21-/m1/s1. The van der Waals surface area contributed by atoms with Crippen LogP contribution in [0.25, 0.3) is 0 Å². The quantitative estimate of drug-likeness (QED) is 0.740. The summed E-state index contributed by atoms with van der Waals surface area (Å²) in [5.74, 6) is 2.89. The molecular formula is C24H32N4O2. The lowest BCUT2D eigenvalue weighted by Gasteiger charge is -2.40. The van der Waals surface area contributed by atoms with Crippen molar-refractivity contribution >= 4 is 5.91 Å². The van der Waals surface area contributed by atoms with Crippen LogP contribution in [-0.2, 0) is 6.54 Å². The number of benzene rings is 1. The molecule has 3 heterocycles. The zero-order valence-electron chi connectivity index (χ0n) is 17.7. The van der Waals surface area contributed by atoms with Gasteiger partial charge in [-0.1, -0.05) is 31.0 Å². The summed E-state index contributed by atoms with van der Waals surface area (Å²) in [6.45, 7) is 3.72. The van der Waals surface area contributed by atoms with Gasteiger partial charge in [0.15, 0.2) is 0 Å². The molecule has 3 aliphatic rings. The van der Waals surface area contributed by atoms with Crippen molar-refractivity contribution < 1.29 is 9.21 Å². The number of likely N-dealkylation sites (tertiary alicyclic amines) is 2. The topological polar surface area (TPSA) is 62.5 Å². The van der Waals surface area contributed by atoms with E-state index in [1.54, 1.807) is 0 Å². The van der Waals surface area contributed by atoms with Gasteiger partial charge in [-0.25, -0.2) is 0 Å². The number of carbonyl (C=O) groups is 1. The van der Waals surface area contributed by atoms with Crippen molar-refractivity contribution in [3.63, 3.8) is 0 Å². The SMILES string of the molecule is O=C(c1ccccc1)N1CCCCC[C@@H]1C1CCN(Cc2nnc(C3CC3)o2)CC1. The average molecular weight is 409 g/mol. The smallest absolute Gasteiger partial charge is 0.254 e. The van der Waals surface area contributed by atoms with Crippen LogP contribution < -0.4 is 0 Å². The van der Waals surface area contributed by atoms with Crippen molar-refractivity contribution in [2.24, 2.45) is 5.92 Å². The zero-order valence-corrected chi connectivity index (χ0v) is 17.7. The third-order valence-electron chi connectivity index (χ3n) is 7.03. The lowest BCUT2D eigenvalue weighted by Crippen LogP contribution is -2.47. The maximum absolute atomic E-state index is 13.3. The molecule has 1 aromatic heterocycles. The van der Waals surface area contributed by atoms with E-state index >= 15 is 0 Å². The minimum Gasteiger partial charge on any atom is -0.424 e. The monoisotopic (exact) mass is 408 g/mol. The third-order valence-corrected chi connectivity index (χ3v) is 7.03. The molecule has 30 heavy (non-hydrogen) atoms. The number of piperidine rings is 1. The van der Waals surface area contributed by atoms with E-state index < -0.39 is 0 Å². The van der Waals surface area contributed by atoms with Gasteiger partial charge in [0.05, 0.1) is 6.54 Å². The Hall–Kier alpha value is -2.21. The first kappa shape index (κ1) is 19.7. The van der Waals surface area contributed by atoms with Crippen LogP contribution in [0.2, 0.25) is 0 Å². The molecule has 3 fully saturated rings. The van der Waals surface area contributed by atoms with Gasteiger partial charge < -0.3 is 9.32 Å². The van der Waals surface area contributed by atoms with Gasteiger partial charge in [0, 0.05) is 24.1 Å². The highest BCUT2D eigenvalue weighted by atomic mass is 16.4. The van der Waals surface area contributed by atoms with Crippen LogP contribution in [0, 0.1) is 5.92 Å². The summed E-state index contributed by atoms with van der Waals surface area (Å²) in [5.41, 5.74) is 0.824. The number of hydrogen-bond acceptors (Lipinski definition) is 5.